The Hall–Kier alpha value is -1.61. The molecular weight excluding hydrogens is 214 g/mol. The SMILES string of the molecule is Cc1cc(Cl)ccc1N=C1C=CC(=O)O1. The van der Waals surface area contributed by atoms with Crippen LogP contribution in [0, 0.1) is 6.92 Å². The summed E-state index contributed by atoms with van der Waals surface area (Å²) >= 11 is 5.81. The van der Waals surface area contributed by atoms with Crippen molar-refractivity contribution in [2.45, 2.75) is 6.92 Å². The van der Waals surface area contributed by atoms with Gasteiger partial charge in [-0.1, -0.05) is 11.6 Å². The molecule has 0 aliphatic carbocycles. The molecule has 3 nitrogen and oxygen atoms in total. The summed E-state index contributed by atoms with van der Waals surface area (Å²) in [5, 5.41) is 0.662. The number of rotatable bonds is 1. The van der Waals surface area contributed by atoms with Gasteiger partial charge in [-0.05, 0) is 30.7 Å². The minimum atomic E-state index is -0.389. The van der Waals surface area contributed by atoms with Crippen molar-refractivity contribution < 1.29 is 9.53 Å². The first kappa shape index (κ1) is 9.93. The number of hydrogen-bond acceptors (Lipinski definition) is 3. The van der Waals surface area contributed by atoms with E-state index in [1.54, 1.807) is 18.2 Å². The lowest BCUT2D eigenvalue weighted by Gasteiger charge is -2.01. The van der Waals surface area contributed by atoms with Gasteiger partial charge in [-0.2, -0.15) is 0 Å². The second-order valence-corrected chi connectivity index (χ2v) is 3.57. The van der Waals surface area contributed by atoms with E-state index in [9.17, 15) is 4.79 Å². The standard InChI is InChI=1S/C11H8ClNO2/c1-7-6-8(12)2-3-9(7)13-10-4-5-11(14)15-10/h2-6H,1H3. The van der Waals surface area contributed by atoms with E-state index in [2.05, 4.69) is 4.99 Å². The Morgan fingerprint density at radius 3 is 2.73 bits per heavy atom. The Morgan fingerprint density at radius 1 is 1.33 bits per heavy atom. The Balaban J connectivity index is 2.32. The highest BCUT2D eigenvalue weighted by Crippen LogP contribution is 2.23. The average Bonchev–Trinajstić information content (AvgIpc) is 2.56. The van der Waals surface area contributed by atoms with Gasteiger partial charge in [0.1, 0.15) is 0 Å². The summed E-state index contributed by atoms with van der Waals surface area (Å²) in [6.07, 6.45) is 2.88. The fraction of sp³-hybridized carbons (Fsp3) is 0.0909. The number of hydrogen-bond donors (Lipinski definition) is 0. The van der Waals surface area contributed by atoms with Crippen LogP contribution >= 0.6 is 11.6 Å². The molecule has 0 bridgehead atoms. The third kappa shape index (κ3) is 2.25. The molecule has 0 radical (unpaired) electrons. The predicted molar refractivity (Wildman–Crippen MR) is 58.5 cm³/mol. The Kier molecular flexibility index (Phi) is 2.56. The van der Waals surface area contributed by atoms with Crippen molar-refractivity contribution >= 4 is 29.2 Å². The van der Waals surface area contributed by atoms with Crippen molar-refractivity contribution in [1.82, 2.24) is 0 Å². The molecule has 0 N–H and O–H groups in total. The largest absolute Gasteiger partial charge is 0.404 e. The van der Waals surface area contributed by atoms with Crippen LogP contribution in [0.25, 0.3) is 0 Å². The highest BCUT2D eigenvalue weighted by Gasteiger charge is 2.11. The van der Waals surface area contributed by atoms with Gasteiger partial charge in [0.15, 0.2) is 0 Å². The number of ether oxygens (including phenoxy) is 1. The smallest absolute Gasteiger partial charge is 0.337 e. The zero-order valence-electron chi connectivity index (χ0n) is 8.03. The lowest BCUT2D eigenvalue weighted by atomic mass is 10.2. The summed E-state index contributed by atoms with van der Waals surface area (Å²) in [4.78, 5) is 14.9. The highest BCUT2D eigenvalue weighted by atomic mass is 35.5. The molecule has 0 saturated heterocycles. The number of halogens is 1. The third-order valence-corrected chi connectivity index (χ3v) is 2.19. The van der Waals surface area contributed by atoms with E-state index >= 15 is 0 Å². The van der Waals surface area contributed by atoms with Gasteiger partial charge in [-0.3, -0.25) is 0 Å². The van der Waals surface area contributed by atoms with Crippen LogP contribution in [0.5, 0.6) is 0 Å². The second-order valence-electron chi connectivity index (χ2n) is 3.14. The van der Waals surface area contributed by atoms with Crippen molar-refractivity contribution in [2.24, 2.45) is 4.99 Å². The summed E-state index contributed by atoms with van der Waals surface area (Å²) in [7, 11) is 0. The maximum Gasteiger partial charge on any atom is 0.337 e. The molecule has 1 aliphatic heterocycles. The summed E-state index contributed by atoms with van der Waals surface area (Å²) in [6, 6.07) is 5.33. The summed E-state index contributed by atoms with van der Waals surface area (Å²) in [6.45, 7) is 1.89. The molecule has 1 aromatic carbocycles. The number of carbonyl (C=O) groups is 1. The summed E-state index contributed by atoms with van der Waals surface area (Å²) in [5.74, 6) is -0.0780. The van der Waals surface area contributed by atoms with Gasteiger partial charge in [-0.25, -0.2) is 9.79 Å². The van der Waals surface area contributed by atoms with Crippen LogP contribution in [-0.2, 0) is 9.53 Å². The molecule has 0 saturated carbocycles. The molecule has 0 aromatic heterocycles. The molecule has 0 fully saturated rings. The van der Waals surface area contributed by atoms with Gasteiger partial charge in [0.05, 0.1) is 5.69 Å². The van der Waals surface area contributed by atoms with Crippen molar-refractivity contribution in [3.05, 3.63) is 40.9 Å². The number of nitrogens with zero attached hydrogens (tertiary/aromatic N) is 1. The van der Waals surface area contributed by atoms with Gasteiger partial charge >= 0.3 is 5.97 Å². The molecule has 76 valence electrons. The number of aliphatic imine (C=N–C) groups is 1. The van der Waals surface area contributed by atoms with Crippen LogP contribution in [0.3, 0.4) is 0 Å². The molecule has 15 heavy (non-hydrogen) atoms. The number of cyclic esters (lactones) is 1. The topological polar surface area (TPSA) is 38.7 Å². The van der Waals surface area contributed by atoms with E-state index in [0.29, 0.717) is 10.9 Å². The van der Waals surface area contributed by atoms with Crippen LogP contribution in [-0.4, -0.2) is 11.9 Å². The van der Waals surface area contributed by atoms with Gasteiger partial charge in [0, 0.05) is 17.2 Å². The van der Waals surface area contributed by atoms with Gasteiger partial charge in [0.25, 0.3) is 0 Å². The van der Waals surface area contributed by atoms with Crippen molar-refractivity contribution in [2.75, 3.05) is 0 Å². The summed E-state index contributed by atoms with van der Waals surface area (Å²) in [5.41, 5.74) is 1.68. The van der Waals surface area contributed by atoms with E-state index in [4.69, 9.17) is 16.3 Å². The lowest BCUT2D eigenvalue weighted by Crippen LogP contribution is -1.98. The first-order valence-electron chi connectivity index (χ1n) is 4.40. The molecule has 4 heteroatoms. The minimum absolute atomic E-state index is 0.311. The van der Waals surface area contributed by atoms with E-state index in [1.807, 2.05) is 6.92 Å². The van der Waals surface area contributed by atoms with Gasteiger partial charge in [-0.15, -0.1) is 0 Å². The van der Waals surface area contributed by atoms with Gasteiger partial charge < -0.3 is 4.74 Å². The van der Waals surface area contributed by atoms with Gasteiger partial charge in [0.2, 0.25) is 5.90 Å². The van der Waals surface area contributed by atoms with E-state index in [1.165, 1.54) is 12.2 Å². The molecule has 0 atom stereocenters. The van der Waals surface area contributed by atoms with Crippen molar-refractivity contribution in [1.29, 1.82) is 0 Å². The maximum absolute atomic E-state index is 10.8. The molecule has 0 amide bonds. The molecule has 2 rings (SSSR count). The first-order valence-corrected chi connectivity index (χ1v) is 4.78. The van der Waals surface area contributed by atoms with Crippen LogP contribution in [0.4, 0.5) is 5.69 Å². The van der Waals surface area contributed by atoms with Crippen molar-refractivity contribution in [3.63, 3.8) is 0 Å². The normalized spacial score (nSPS) is 17.2. The van der Waals surface area contributed by atoms with Crippen LogP contribution in [0.1, 0.15) is 5.56 Å². The van der Waals surface area contributed by atoms with Crippen molar-refractivity contribution in [3.8, 4) is 0 Å². The molecule has 1 aromatic rings. The monoisotopic (exact) mass is 221 g/mol. The summed E-state index contributed by atoms with van der Waals surface area (Å²) < 4.78 is 4.82. The molecule has 1 aliphatic rings. The fourth-order valence-electron chi connectivity index (χ4n) is 1.23. The lowest BCUT2D eigenvalue weighted by molar-refractivity contribution is -0.129. The van der Waals surface area contributed by atoms with E-state index in [0.717, 1.165) is 11.3 Å². The number of carbonyl (C=O) groups excluding carboxylic acids is 1. The zero-order valence-corrected chi connectivity index (χ0v) is 8.78. The quantitative estimate of drug-likeness (QED) is 0.684. The predicted octanol–water partition coefficient (Wildman–Crippen LogP) is 2.79. The number of benzene rings is 1. The van der Waals surface area contributed by atoms with Crippen LogP contribution in [0.15, 0.2) is 35.3 Å². The van der Waals surface area contributed by atoms with E-state index < -0.39 is 0 Å². The second kappa shape index (κ2) is 3.87. The third-order valence-electron chi connectivity index (χ3n) is 1.96. The number of esters is 1. The molecular formula is C11H8ClNO2. The fourth-order valence-corrected chi connectivity index (χ4v) is 1.46. The minimum Gasteiger partial charge on any atom is -0.404 e. The molecule has 0 unspecified atom stereocenters. The molecule has 1 heterocycles. The Labute approximate surface area is 92.0 Å². The average molecular weight is 222 g/mol. The van der Waals surface area contributed by atoms with E-state index in [-0.39, 0.29) is 5.97 Å². The van der Waals surface area contributed by atoms with Crippen LogP contribution in [0.2, 0.25) is 5.02 Å². The Morgan fingerprint density at radius 2 is 2.13 bits per heavy atom. The zero-order chi connectivity index (χ0) is 10.8. The first-order chi connectivity index (χ1) is 7.15. The highest BCUT2D eigenvalue weighted by molar-refractivity contribution is 6.30. The molecule has 0 spiro atoms. The van der Waals surface area contributed by atoms with Crippen LogP contribution < -0.4 is 0 Å². The Bertz CT molecular complexity index is 477. The number of aryl methyl sites for hydroxylation is 1. The maximum atomic E-state index is 10.8.